The van der Waals surface area contributed by atoms with Crippen LogP contribution in [0.2, 0.25) is 0 Å². The van der Waals surface area contributed by atoms with Crippen molar-refractivity contribution in [2.75, 3.05) is 18.0 Å². The maximum Gasteiger partial charge on any atom is 0.142 e. The summed E-state index contributed by atoms with van der Waals surface area (Å²) in [5, 5.41) is 0. The van der Waals surface area contributed by atoms with Crippen LogP contribution in [0.15, 0.2) is 55.7 Å². The molecular formula is C15H17NO. The van der Waals surface area contributed by atoms with Crippen molar-refractivity contribution in [3.05, 3.63) is 61.2 Å². The molecule has 0 unspecified atom stereocenters. The van der Waals surface area contributed by atoms with Crippen LogP contribution in [0.4, 0.5) is 5.69 Å². The van der Waals surface area contributed by atoms with Gasteiger partial charge in [-0.1, -0.05) is 30.4 Å². The van der Waals surface area contributed by atoms with Crippen LogP contribution in [-0.4, -0.2) is 19.4 Å². The van der Waals surface area contributed by atoms with Gasteiger partial charge in [0.1, 0.15) is 6.29 Å². The van der Waals surface area contributed by atoms with Gasteiger partial charge in [-0.15, -0.1) is 13.2 Å². The molecule has 2 nitrogen and oxygen atoms in total. The molecule has 0 atom stereocenters. The molecule has 17 heavy (non-hydrogen) atoms. The van der Waals surface area contributed by atoms with Gasteiger partial charge in [-0.25, -0.2) is 0 Å². The summed E-state index contributed by atoms with van der Waals surface area (Å²) >= 11 is 0. The highest BCUT2D eigenvalue weighted by molar-refractivity contribution is 5.78. The van der Waals surface area contributed by atoms with Gasteiger partial charge in [-0.2, -0.15) is 0 Å². The molecule has 2 heteroatoms. The highest BCUT2D eigenvalue weighted by atomic mass is 16.1. The van der Waals surface area contributed by atoms with E-state index in [0.717, 1.165) is 30.6 Å². The van der Waals surface area contributed by atoms with Crippen molar-refractivity contribution in [3.8, 4) is 0 Å². The monoisotopic (exact) mass is 227 g/mol. The standard InChI is InChI=1S/C15H17NO/c1-3-11-16(12-4-2)15-10-6-5-8-14(15)9-7-13-17/h3-10,13H,1-2,11-12H2/b9-7+. The number of nitrogens with zero attached hydrogens (tertiary/aromatic N) is 1. The number of hydrogen-bond donors (Lipinski definition) is 0. The number of aldehydes is 1. The molecule has 0 bridgehead atoms. The van der Waals surface area contributed by atoms with E-state index in [2.05, 4.69) is 18.1 Å². The molecule has 0 aliphatic heterocycles. The first kappa shape index (κ1) is 13.0. The highest BCUT2D eigenvalue weighted by Gasteiger charge is 2.05. The van der Waals surface area contributed by atoms with Gasteiger partial charge in [0, 0.05) is 18.8 Å². The predicted octanol–water partition coefficient (Wildman–Crippen LogP) is 3.08. The zero-order valence-electron chi connectivity index (χ0n) is 9.88. The Morgan fingerprint density at radius 3 is 2.35 bits per heavy atom. The van der Waals surface area contributed by atoms with Gasteiger partial charge < -0.3 is 4.90 Å². The fraction of sp³-hybridized carbons (Fsp3) is 0.133. The maximum absolute atomic E-state index is 10.4. The van der Waals surface area contributed by atoms with Crippen molar-refractivity contribution in [1.82, 2.24) is 0 Å². The summed E-state index contributed by atoms with van der Waals surface area (Å²) in [6.07, 6.45) is 7.79. The molecular weight excluding hydrogens is 210 g/mol. The molecule has 0 N–H and O–H groups in total. The van der Waals surface area contributed by atoms with Crippen molar-refractivity contribution >= 4 is 18.0 Å². The fourth-order valence-electron chi connectivity index (χ4n) is 1.64. The second kappa shape index (κ2) is 7.23. The molecule has 0 aliphatic carbocycles. The number of rotatable bonds is 7. The Balaban J connectivity index is 3.07. The van der Waals surface area contributed by atoms with Crippen molar-refractivity contribution in [2.24, 2.45) is 0 Å². The van der Waals surface area contributed by atoms with Crippen molar-refractivity contribution in [3.63, 3.8) is 0 Å². The summed E-state index contributed by atoms with van der Waals surface area (Å²) in [6.45, 7) is 9.00. The second-order valence-electron chi connectivity index (χ2n) is 3.54. The van der Waals surface area contributed by atoms with E-state index in [4.69, 9.17) is 0 Å². The van der Waals surface area contributed by atoms with Crippen LogP contribution in [0.3, 0.4) is 0 Å². The molecule has 1 aromatic rings. The quantitative estimate of drug-likeness (QED) is 0.405. The minimum absolute atomic E-state index is 0.748. The molecule has 0 saturated heterocycles. The molecule has 1 aromatic carbocycles. The van der Waals surface area contributed by atoms with E-state index in [9.17, 15) is 4.79 Å². The van der Waals surface area contributed by atoms with Gasteiger partial charge in [0.15, 0.2) is 0 Å². The smallest absolute Gasteiger partial charge is 0.142 e. The van der Waals surface area contributed by atoms with Crippen LogP contribution in [0.25, 0.3) is 6.08 Å². The Bertz CT molecular complexity index is 411. The van der Waals surface area contributed by atoms with Crippen LogP contribution >= 0.6 is 0 Å². The maximum atomic E-state index is 10.4. The van der Waals surface area contributed by atoms with Crippen molar-refractivity contribution in [1.29, 1.82) is 0 Å². The highest BCUT2D eigenvalue weighted by Crippen LogP contribution is 2.21. The molecule has 0 spiro atoms. The Labute approximate surface area is 103 Å². The summed E-state index contributed by atoms with van der Waals surface area (Å²) in [4.78, 5) is 12.5. The summed E-state index contributed by atoms with van der Waals surface area (Å²) in [6, 6.07) is 7.94. The molecule has 88 valence electrons. The number of allylic oxidation sites excluding steroid dienone is 1. The Morgan fingerprint density at radius 2 is 1.76 bits per heavy atom. The van der Waals surface area contributed by atoms with Crippen LogP contribution in [0, 0.1) is 0 Å². The Hall–Kier alpha value is -2.09. The van der Waals surface area contributed by atoms with Crippen LogP contribution in [-0.2, 0) is 4.79 Å². The van der Waals surface area contributed by atoms with Gasteiger partial charge in [-0.3, -0.25) is 4.79 Å². The third kappa shape index (κ3) is 3.76. The lowest BCUT2D eigenvalue weighted by Gasteiger charge is -2.23. The SMILES string of the molecule is C=CCN(CC=C)c1ccccc1/C=C/C=O. The normalized spacial score (nSPS) is 10.1. The predicted molar refractivity (Wildman–Crippen MR) is 74.1 cm³/mol. The lowest BCUT2D eigenvalue weighted by atomic mass is 10.1. The second-order valence-corrected chi connectivity index (χ2v) is 3.54. The van der Waals surface area contributed by atoms with Gasteiger partial charge in [0.2, 0.25) is 0 Å². The minimum Gasteiger partial charge on any atom is -0.364 e. The van der Waals surface area contributed by atoms with E-state index in [-0.39, 0.29) is 0 Å². The number of carbonyl (C=O) groups excluding carboxylic acids is 1. The summed E-state index contributed by atoms with van der Waals surface area (Å²) in [7, 11) is 0. The number of hydrogen-bond acceptors (Lipinski definition) is 2. The molecule has 0 fully saturated rings. The summed E-state index contributed by atoms with van der Waals surface area (Å²) < 4.78 is 0. The lowest BCUT2D eigenvalue weighted by Crippen LogP contribution is -2.23. The first-order valence-electron chi connectivity index (χ1n) is 5.51. The van der Waals surface area contributed by atoms with Gasteiger partial charge in [0.25, 0.3) is 0 Å². The summed E-state index contributed by atoms with van der Waals surface area (Å²) in [5.41, 5.74) is 2.09. The number of anilines is 1. The summed E-state index contributed by atoms with van der Waals surface area (Å²) in [5.74, 6) is 0. The van der Waals surface area contributed by atoms with Crippen LogP contribution in [0.1, 0.15) is 5.56 Å². The topological polar surface area (TPSA) is 20.3 Å². The number of para-hydroxylation sites is 1. The molecule has 0 heterocycles. The Morgan fingerprint density at radius 1 is 1.12 bits per heavy atom. The van der Waals surface area contributed by atoms with Crippen molar-refractivity contribution in [2.45, 2.75) is 0 Å². The van der Waals surface area contributed by atoms with E-state index in [1.54, 1.807) is 0 Å². The zero-order chi connectivity index (χ0) is 12.5. The van der Waals surface area contributed by atoms with E-state index in [1.807, 2.05) is 42.5 Å². The van der Waals surface area contributed by atoms with Gasteiger partial charge in [0.05, 0.1) is 0 Å². The molecule has 0 aromatic heterocycles. The van der Waals surface area contributed by atoms with E-state index in [1.165, 1.54) is 6.08 Å². The third-order valence-corrected chi connectivity index (χ3v) is 2.33. The minimum atomic E-state index is 0.748. The molecule has 1 rings (SSSR count). The van der Waals surface area contributed by atoms with Gasteiger partial charge >= 0.3 is 0 Å². The Kier molecular flexibility index (Phi) is 5.52. The average Bonchev–Trinajstić information content (AvgIpc) is 2.36. The van der Waals surface area contributed by atoms with Crippen LogP contribution in [0.5, 0.6) is 0 Å². The first-order chi connectivity index (χ1) is 8.33. The van der Waals surface area contributed by atoms with E-state index >= 15 is 0 Å². The van der Waals surface area contributed by atoms with Gasteiger partial charge in [-0.05, 0) is 23.8 Å². The number of carbonyl (C=O) groups is 1. The largest absolute Gasteiger partial charge is 0.364 e. The zero-order valence-corrected chi connectivity index (χ0v) is 9.88. The molecule has 0 radical (unpaired) electrons. The molecule has 0 saturated carbocycles. The fourth-order valence-corrected chi connectivity index (χ4v) is 1.64. The lowest BCUT2D eigenvalue weighted by molar-refractivity contribution is -0.104. The third-order valence-electron chi connectivity index (χ3n) is 2.33. The molecule has 0 amide bonds. The van der Waals surface area contributed by atoms with E-state index in [0.29, 0.717) is 0 Å². The molecule has 0 aliphatic rings. The number of benzene rings is 1. The van der Waals surface area contributed by atoms with Crippen molar-refractivity contribution < 1.29 is 4.79 Å². The van der Waals surface area contributed by atoms with E-state index < -0.39 is 0 Å². The average molecular weight is 227 g/mol. The first-order valence-corrected chi connectivity index (χ1v) is 5.51. The van der Waals surface area contributed by atoms with Crippen LogP contribution < -0.4 is 4.90 Å².